The van der Waals surface area contributed by atoms with Crippen LogP contribution < -0.4 is 10.2 Å². The summed E-state index contributed by atoms with van der Waals surface area (Å²) in [6.45, 7) is 15.1. The number of piperidine rings is 1. The van der Waals surface area contributed by atoms with E-state index in [0.29, 0.717) is 5.92 Å². The van der Waals surface area contributed by atoms with Gasteiger partial charge in [0.25, 0.3) is 0 Å². The number of nitrogens with one attached hydrogen (secondary N) is 1. The molecule has 2 fully saturated rings. The molecule has 2 heterocycles. The fraction of sp³-hybridized carbons (Fsp3) is 0.682. The van der Waals surface area contributed by atoms with E-state index in [9.17, 15) is 0 Å². The van der Waals surface area contributed by atoms with Crippen LogP contribution >= 0.6 is 0 Å². The second-order valence-corrected chi connectivity index (χ2v) is 8.16. The van der Waals surface area contributed by atoms with Gasteiger partial charge in [-0.2, -0.15) is 0 Å². The number of hydrogen-bond donors (Lipinski definition) is 1. The Labute approximate surface area is 165 Å². The molecule has 0 bridgehead atoms. The van der Waals surface area contributed by atoms with Crippen LogP contribution in [0.2, 0.25) is 0 Å². The number of aryl methyl sites for hydroxylation is 1. The lowest BCUT2D eigenvalue weighted by atomic mass is 9.99. The summed E-state index contributed by atoms with van der Waals surface area (Å²) in [7, 11) is 2.23. The number of anilines is 1. The fourth-order valence-corrected chi connectivity index (χ4v) is 4.30. The summed E-state index contributed by atoms with van der Waals surface area (Å²) in [4.78, 5) is 12.4. The van der Waals surface area contributed by atoms with Gasteiger partial charge in [-0.1, -0.05) is 12.1 Å². The van der Waals surface area contributed by atoms with Crippen LogP contribution in [-0.2, 0) is 0 Å². The van der Waals surface area contributed by atoms with Crippen LogP contribution in [0, 0.1) is 19.8 Å². The Kier molecular flexibility index (Phi) is 7.00. The molecule has 3 rings (SSSR count). The van der Waals surface area contributed by atoms with Crippen molar-refractivity contribution in [1.82, 2.24) is 15.1 Å². The Hall–Kier alpha value is -1.75. The Bertz CT molecular complexity index is 634. The zero-order valence-electron chi connectivity index (χ0n) is 17.7. The molecule has 0 aromatic heterocycles. The second-order valence-electron chi connectivity index (χ2n) is 8.16. The van der Waals surface area contributed by atoms with Gasteiger partial charge in [0, 0.05) is 51.5 Å². The lowest BCUT2D eigenvalue weighted by Crippen LogP contribution is -2.53. The van der Waals surface area contributed by atoms with Crippen LogP contribution in [0.4, 0.5) is 5.69 Å². The molecule has 1 N–H and O–H groups in total. The number of guanidine groups is 1. The van der Waals surface area contributed by atoms with Crippen molar-refractivity contribution in [1.29, 1.82) is 0 Å². The Balaban J connectivity index is 1.59. The molecule has 27 heavy (non-hydrogen) atoms. The third kappa shape index (κ3) is 5.16. The number of aliphatic imine (C=N–C) groups is 1. The van der Waals surface area contributed by atoms with E-state index < -0.39 is 0 Å². The summed E-state index contributed by atoms with van der Waals surface area (Å²) in [6, 6.07) is 6.64. The molecule has 1 unspecified atom stereocenters. The van der Waals surface area contributed by atoms with E-state index in [-0.39, 0.29) is 0 Å². The van der Waals surface area contributed by atoms with Gasteiger partial charge in [-0.05, 0) is 70.3 Å². The van der Waals surface area contributed by atoms with E-state index in [1.165, 1.54) is 42.7 Å². The quantitative estimate of drug-likeness (QED) is 0.652. The van der Waals surface area contributed by atoms with Crippen molar-refractivity contribution in [2.45, 2.75) is 33.6 Å². The van der Waals surface area contributed by atoms with Crippen LogP contribution in [0.25, 0.3) is 0 Å². The highest BCUT2D eigenvalue weighted by Gasteiger charge is 2.22. The topological polar surface area (TPSA) is 34.1 Å². The molecule has 0 radical (unpaired) electrons. The first kappa shape index (κ1) is 20.0. The van der Waals surface area contributed by atoms with E-state index in [2.05, 4.69) is 66.0 Å². The highest BCUT2D eigenvalue weighted by Crippen LogP contribution is 2.24. The number of likely N-dealkylation sites (tertiary alicyclic amines) is 1. The molecule has 0 aliphatic carbocycles. The second kappa shape index (κ2) is 9.45. The normalized spacial score (nSPS) is 22.2. The van der Waals surface area contributed by atoms with Gasteiger partial charge < -0.3 is 20.0 Å². The van der Waals surface area contributed by atoms with Gasteiger partial charge >= 0.3 is 0 Å². The number of piperazine rings is 1. The lowest BCUT2D eigenvalue weighted by molar-refractivity contribution is 0.214. The largest absolute Gasteiger partial charge is 0.368 e. The Morgan fingerprint density at radius 2 is 1.93 bits per heavy atom. The van der Waals surface area contributed by atoms with Gasteiger partial charge in [-0.15, -0.1) is 0 Å². The maximum absolute atomic E-state index is 5.01. The van der Waals surface area contributed by atoms with E-state index in [4.69, 9.17) is 4.99 Å². The first-order valence-corrected chi connectivity index (χ1v) is 10.6. The van der Waals surface area contributed by atoms with Gasteiger partial charge in [-0.3, -0.25) is 4.99 Å². The molecule has 1 aromatic rings. The molecule has 1 atom stereocenters. The van der Waals surface area contributed by atoms with E-state index >= 15 is 0 Å². The van der Waals surface area contributed by atoms with Crippen molar-refractivity contribution in [2.75, 3.05) is 64.3 Å². The van der Waals surface area contributed by atoms with E-state index in [1.54, 1.807) is 0 Å². The highest BCUT2D eigenvalue weighted by molar-refractivity contribution is 5.80. The number of hydrogen-bond acceptors (Lipinski definition) is 3. The summed E-state index contributed by atoms with van der Waals surface area (Å²) in [5, 5.41) is 3.52. The summed E-state index contributed by atoms with van der Waals surface area (Å²) < 4.78 is 0. The Morgan fingerprint density at radius 3 is 2.63 bits per heavy atom. The summed E-state index contributed by atoms with van der Waals surface area (Å²) >= 11 is 0. The molecular weight excluding hydrogens is 334 g/mol. The van der Waals surface area contributed by atoms with Crippen molar-refractivity contribution in [3.05, 3.63) is 29.3 Å². The first-order valence-electron chi connectivity index (χ1n) is 10.6. The molecule has 2 aliphatic rings. The van der Waals surface area contributed by atoms with Crippen molar-refractivity contribution < 1.29 is 0 Å². The predicted molar refractivity (Wildman–Crippen MR) is 116 cm³/mol. The monoisotopic (exact) mass is 371 g/mol. The number of nitrogens with zero attached hydrogens (tertiary/aromatic N) is 4. The van der Waals surface area contributed by atoms with Crippen molar-refractivity contribution in [2.24, 2.45) is 10.9 Å². The highest BCUT2D eigenvalue weighted by atomic mass is 15.3. The molecule has 0 amide bonds. The number of benzene rings is 1. The SMILES string of the molecule is CCNC(=NCC1CCCN(C)C1)N1CCN(c2cccc(C)c2C)CC1. The summed E-state index contributed by atoms with van der Waals surface area (Å²) in [6.07, 6.45) is 2.62. The molecule has 1 aromatic carbocycles. The zero-order chi connectivity index (χ0) is 19.2. The minimum Gasteiger partial charge on any atom is -0.368 e. The van der Waals surface area contributed by atoms with Crippen LogP contribution in [0.1, 0.15) is 30.9 Å². The van der Waals surface area contributed by atoms with Crippen LogP contribution in [0.15, 0.2) is 23.2 Å². The predicted octanol–water partition coefficient (Wildman–Crippen LogP) is 2.73. The van der Waals surface area contributed by atoms with Crippen molar-refractivity contribution >= 4 is 11.6 Å². The molecule has 0 saturated carbocycles. The average Bonchev–Trinajstić information content (AvgIpc) is 2.68. The van der Waals surface area contributed by atoms with Crippen LogP contribution in [-0.4, -0.2) is 75.2 Å². The number of rotatable bonds is 4. The zero-order valence-corrected chi connectivity index (χ0v) is 17.7. The molecule has 2 aliphatic heterocycles. The van der Waals surface area contributed by atoms with Gasteiger partial charge in [0.15, 0.2) is 5.96 Å². The average molecular weight is 372 g/mol. The molecular formula is C22H37N5. The first-order chi connectivity index (χ1) is 13.1. The standard InChI is InChI=1S/C22H37N5/c1-5-23-22(24-16-20-9-7-11-25(4)17-20)27-14-12-26(13-15-27)21-10-6-8-18(2)19(21)3/h6,8,10,20H,5,7,9,11-17H2,1-4H3,(H,23,24). The third-order valence-corrected chi connectivity index (χ3v) is 6.05. The summed E-state index contributed by atoms with van der Waals surface area (Å²) in [5.41, 5.74) is 4.18. The van der Waals surface area contributed by atoms with Crippen LogP contribution in [0.3, 0.4) is 0 Å². The third-order valence-electron chi connectivity index (χ3n) is 6.05. The molecule has 150 valence electrons. The van der Waals surface area contributed by atoms with E-state index in [0.717, 1.165) is 45.2 Å². The molecule has 5 heteroatoms. The maximum atomic E-state index is 5.01. The summed E-state index contributed by atoms with van der Waals surface area (Å²) in [5.74, 6) is 1.81. The molecule has 0 spiro atoms. The minimum absolute atomic E-state index is 0.702. The smallest absolute Gasteiger partial charge is 0.194 e. The minimum atomic E-state index is 0.702. The lowest BCUT2D eigenvalue weighted by Gasteiger charge is -2.38. The van der Waals surface area contributed by atoms with E-state index in [1.807, 2.05) is 0 Å². The van der Waals surface area contributed by atoms with Crippen LogP contribution in [0.5, 0.6) is 0 Å². The maximum Gasteiger partial charge on any atom is 0.194 e. The van der Waals surface area contributed by atoms with Gasteiger partial charge in [0.05, 0.1) is 0 Å². The van der Waals surface area contributed by atoms with Gasteiger partial charge in [0.1, 0.15) is 0 Å². The molecule has 5 nitrogen and oxygen atoms in total. The van der Waals surface area contributed by atoms with Gasteiger partial charge in [-0.25, -0.2) is 0 Å². The van der Waals surface area contributed by atoms with Crippen molar-refractivity contribution in [3.63, 3.8) is 0 Å². The fourth-order valence-electron chi connectivity index (χ4n) is 4.30. The van der Waals surface area contributed by atoms with Gasteiger partial charge in [0.2, 0.25) is 0 Å². The Morgan fingerprint density at radius 1 is 1.15 bits per heavy atom. The van der Waals surface area contributed by atoms with Crippen molar-refractivity contribution in [3.8, 4) is 0 Å². The molecule has 2 saturated heterocycles.